The van der Waals surface area contributed by atoms with Crippen LogP contribution in [0.2, 0.25) is 0 Å². The first-order valence-corrected chi connectivity index (χ1v) is 7.49. The van der Waals surface area contributed by atoms with E-state index < -0.39 is 0 Å². The molecule has 0 aliphatic heterocycles. The van der Waals surface area contributed by atoms with Gasteiger partial charge >= 0.3 is 0 Å². The highest BCUT2D eigenvalue weighted by molar-refractivity contribution is 5.73. The molecular weight excluding hydrogens is 216 g/mol. The zero-order valence-corrected chi connectivity index (χ0v) is 11.0. The molecule has 0 amide bonds. The van der Waals surface area contributed by atoms with Gasteiger partial charge in [-0.1, -0.05) is 24.3 Å². The van der Waals surface area contributed by atoms with Crippen molar-refractivity contribution in [3.05, 3.63) is 46.5 Å². The molecule has 4 aliphatic rings. The first kappa shape index (κ1) is 10.6. The minimum Gasteiger partial charge on any atom is -0.0610 e. The molecule has 4 rings (SSSR count). The van der Waals surface area contributed by atoms with Gasteiger partial charge in [-0.15, -0.1) is 0 Å². The summed E-state index contributed by atoms with van der Waals surface area (Å²) in [5, 5.41) is 0. The van der Waals surface area contributed by atoms with Crippen LogP contribution >= 0.6 is 0 Å². The minimum atomic E-state index is 1.30. The van der Waals surface area contributed by atoms with E-state index in [4.69, 9.17) is 0 Å². The predicted molar refractivity (Wildman–Crippen MR) is 76.3 cm³/mol. The third-order valence-corrected chi connectivity index (χ3v) is 4.85. The van der Waals surface area contributed by atoms with E-state index in [9.17, 15) is 0 Å². The molecule has 0 N–H and O–H groups in total. The fraction of sp³-hybridized carbons (Fsp3) is 0.444. The second-order valence-corrected chi connectivity index (χ2v) is 5.91. The molecule has 0 heterocycles. The van der Waals surface area contributed by atoms with Gasteiger partial charge in [-0.05, 0) is 84.7 Å². The second-order valence-electron chi connectivity index (χ2n) is 5.91. The summed E-state index contributed by atoms with van der Waals surface area (Å²) in [5.74, 6) is 0. The summed E-state index contributed by atoms with van der Waals surface area (Å²) in [7, 11) is 0. The molecule has 0 bridgehead atoms. The summed E-state index contributed by atoms with van der Waals surface area (Å²) in [4.78, 5) is 0. The number of hydrogen-bond donors (Lipinski definition) is 0. The molecule has 0 aromatic heterocycles. The Hall–Kier alpha value is -1.30. The Morgan fingerprint density at radius 3 is 2.28 bits per heavy atom. The summed E-state index contributed by atoms with van der Waals surface area (Å²) in [5.41, 5.74) is 9.82. The Labute approximate surface area is 109 Å². The number of rotatable bonds is 0. The van der Waals surface area contributed by atoms with Crippen LogP contribution in [-0.4, -0.2) is 0 Å². The van der Waals surface area contributed by atoms with E-state index in [1.54, 1.807) is 27.8 Å². The Morgan fingerprint density at radius 1 is 0.667 bits per heavy atom. The zero-order chi connectivity index (χ0) is 11.9. The van der Waals surface area contributed by atoms with Crippen LogP contribution in [0.4, 0.5) is 0 Å². The summed E-state index contributed by atoms with van der Waals surface area (Å²) in [6, 6.07) is 9.36. The lowest BCUT2D eigenvalue weighted by Crippen LogP contribution is -2.09. The van der Waals surface area contributed by atoms with Gasteiger partial charge in [0.05, 0.1) is 0 Å². The highest BCUT2D eigenvalue weighted by atomic mass is 14.3. The van der Waals surface area contributed by atoms with Crippen molar-refractivity contribution in [3.8, 4) is 11.1 Å². The van der Waals surface area contributed by atoms with Crippen LogP contribution in [0, 0.1) is 0 Å². The monoisotopic (exact) mass is 236 g/mol. The first-order chi connectivity index (χ1) is 8.93. The quantitative estimate of drug-likeness (QED) is 0.629. The number of hydrogen-bond acceptors (Lipinski definition) is 0. The normalized spacial score (nSPS) is 18.4. The molecule has 92 valence electrons. The first-order valence-electron chi connectivity index (χ1n) is 7.49. The maximum absolute atomic E-state index is 2.49. The maximum atomic E-state index is 2.49. The van der Waals surface area contributed by atoms with E-state index in [1.807, 2.05) is 0 Å². The van der Waals surface area contributed by atoms with Crippen molar-refractivity contribution < 1.29 is 0 Å². The van der Waals surface area contributed by atoms with Crippen LogP contribution in [0.15, 0.2) is 24.3 Å². The highest BCUT2D eigenvalue weighted by Gasteiger charge is 2.21. The summed E-state index contributed by atoms with van der Waals surface area (Å²) >= 11 is 0. The van der Waals surface area contributed by atoms with E-state index in [2.05, 4.69) is 24.3 Å². The van der Waals surface area contributed by atoms with E-state index >= 15 is 0 Å². The van der Waals surface area contributed by atoms with E-state index in [-0.39, 0.29) is 0 Å². The number of fused-ring (bicyclic) bond motifs is 5. The third-order valence-electron chi connectivity index (χ3n) is 4.85. The molecule has 18 heavy (non-hydrogen) atoms. The van der Waals surface area contributed by atoms with Crippen molar-refractivity contribution in [1.29, 1.82) is 0 Å². The van der Waals surface area contributed by atoms with Crippen LogP contribution in [0.3, 0.4) is 0 Å². The van der Waals surface area contributed by atoms with Crippen molar-refractivity contribution in [2.75, 3.05) is 0 Å². The molecule has 0 fully saturated rings. The largest absolute Gasteiger partial charge is 0.0610 e. The molecule has 0 heteroatoms. The van der Waals surface area contributed by atoms with Crippen molar-refractivity contribution in [2.45, 2.75) is 51.4 Å². The van der Waals surface area contributed by atoms with Crippen molar-refractivity contribution >= 4 is 0 Å². The van der Waals surface area contributed by atoms with Crippen molar-refractivity contribution in [3.63, 3.8) is 0 Å². The standard InChI is InChI=1S/C18H20/c1-2-8-15-13(6-1)12-14-7-5-11-16(14)18-10-4-3-9-17(15)18/h5,7,11-12H,1-4,6,8-10H2. The van der Waals surface area contributed by atoms with E-state index in [0.29, 0.717) is 0 Å². The lowest BCUT2D eigenvalue weighted by atomic mass is 9.83. The van der Waals surface area contributed by atoms with Gasteiger partial charge in [0, 0.05) is 0 Å². The lowest BCUT2D eigenvalue weighted by Gasteiger charge is -2.22. The topological polar surface area (TPSA) is 0 Å². The molecule has 0 unspecified atom stereocenters. The Balaban J connectivity index is 2.07. The third kappa shape index (κ3) is 1.51. The average molecular weight is 236 g/mol. The van der Waals surface area contributed by atoms with Crippen LogP contribution in [-0.2, 0) is 25.7 Å². The average Bonchev–Trinajstić information content (AvgIpc) is 2.83. The predicted octanol–water partition coefficient (Wildman–Crippen LogP) is 4.55. The van der Waals surface area contributed by atoms with Crippen LogP contribution < -0.4 is 0 Å². The van der Waals surface area contributed by atoms with Gasteiger partial charge in [0.2, 0.25) is 0 Å². The molecule has 0 nitrogen and oxygen atoms in total. The minimum absolute atomic E-state index is 1.30. The van der Waals surface area contributed by atoms with Crippen LogP contribution in [0.1, 0.15) is 47.9 Å². The Bertz CT molecular complexity index is 565. The lowest BCUT2D eigenvalue weighted by molar-refractivity contribution is 0.648. The van der Waals surface area contributed by atoms with Gasteiger partial charge in [-0.2, -0.15) is 0 Å². The molecule has 0 spiro atoms. The van der Waals surface area contributed by atoms with Crippen molar-refractivity contribution in [1.82, 2.24) is 0 Å². The van der Waals surface area contributed by atoms with E-state index in [0.717, 1.165) is 0 Å². The van der Waals surface area contributed by atoms with Crippen molar-refractivity contribution in [2.24, 2.45) is 0 Å². The van der Waals surface area contributed by atoms with Gasteiger partial charge in [-0.25, -0.2) is 0 Å². The van der Waals surface area contributed by atoms with Gasteiger partial charge in [0.1, 0.15) is 0 Å². The second kappa shape index (κ2) is 4.12. The Kier molecular flexibility index (Phi) is 2.43. The fourth-order valence-electron chi connectivity index (χ4n) is 3.99. The van der Waals surface area contributed by atoms with Gasteiger partial charge in [-0.3, -0.25) is 0 Å². The zero-order valence-electron chi connectivity index (χ0n) is 11.0. The molecule has 0 aromatic rings. The van der Waals surface area contributed by atoms with Gasteiger partial charge in [0.15, 0.2) is 0 Å². The molecule has 4 aliphatic carbocycles. The Morgan fingerprint density at radius 2 is 1.39 bits per heavy atom. The molecule has 0 saturated heterocycles. The SMILES string of the molecule is c1cc2cc3c(c4c(c-2c1)CCCC4)CCCC3. The van der Waals surface area contributed by atoms with Gasteiger partial charge in [0.25, 0.3) is 0 Å². The molecular formula is C18H20. The molecule has 0 radical (unpaired) electrons. The number of aryl methyl sites for hydroxylation is 1. The fourth-order valence-corrected chi connectivity index (χ4v) is 3.99. The highest BCUT2D eigenvalue weighted by Crippen LogP contribution is 2.38. The van der Waals surface area contributed by atoms with Crippen LogP contribution in [0.25, 0.3) is 11.1 Å². The van der Waals surface area contributed by atoms with E-state index in [1.165, 1.54) is 56.9 Å². The molecule has 0 aromatic carbocycles. The molecule has 0 saturated carbocycles. The van der Waals surface area contributed by atoms with Gasteiger partial charge < -0.3 is 0 Å². The summed E-state index contributed by atoms with van der Waals surface area (Å²) in [6.07, 6.45) is 10.8. The smallest absolute Gasteiger partial charge is 0.0149 e. The summed E-state index contributed by atoms with van der Waals surface area (Å²) < 4.78 is 0. The van der Waals surface area contributed by atoms with Crippen LogP contribution in [0.5, 0.6) is 0 Å². The summed E-state index contributed by atoms with van der Waals surface area (Å²) in [6.45, 7) is 0. The maximum Gasteiger partial charge on any atom is -0.0149 e. The molecule has 0 atom stereocenters.